The largest absolute Gasteiger partial charge is 0.346 e. The fraction of sp³-hybridized carbons (Fsp3) is 0.409. The number of amides is 1. The Morgan fingerprint density at radius 3 is 2.64 bits per heavy atom. The summed E-state index contributed by atoms with van der Waals surface area (Å²) in [6.07, 6.45) is 10.2. The van der Waals surface area contributed by atoms with Crippen molar-refractivity contribution in [1.82, 2.24) is 10.2 Å². The van der Waals surface area contributed by atoms with Crippen molar-refractivity contribution in [2.24, 2.45) is 0 Å². The first-order valence-electron chi connectivity index (χ1n) is 9.29. The van der Waals surface area contributed by atoms with E-state index in [0.717, 1.165) is 38.9 Å². The van der Waals surface area contributed by atoms with Crippen LogP contribution in [0.15, 0.2) is 65.3 Å². The third-order valence-electron chi connectivity index (χ3n) is 5.75. The second kappa shape index (κ2) is 6.64. The second-order valence-corrected chi connectivity index (χ2v) is 7.60. The lowest BCUT2D eigenvalue weighted by Crippen LogP contribution is -2.59. The minimum absolute atomic E-state index is 0.171. The van der Waals surface area contributed by atoms with Gasteiger partial charge in [0, 0.05) is 19.6 Å². The van der Waals surface area contributed by atoms with Crippen LogP contribution in [0.1, 0.15) is 38.2 Å². The number of nitrogens with one attached hydrogen (secondary N) is 1. The Labute approximate surface area is 150 Å². The van der Waals surface area contributed by atoms with Crippen molar-refractivity contribution < 1.29 is 4.79 Å². The number of rotatable bonds is 2. The molecule has 130 valence electrons. The highest BCUT2D eigenvalue weighted by Crippen LogP contribution is 2.40. The van der Waals surface area contributed by atoms with Crippen LogP contribution < -0.4 is 5.32 Å². The van der Waals surface area contributed by atoms with Gasteiger partial charge in [0.15, 0.2) is 0 Å². The van der Waals surface area contributed by atoms with Crippen LogP contribution in [0.25, 0.3) is 0 Å². The monoisotopic (exact) mass is 334 g/mol. The van der Waals surface area contributed by atoms with Gasteiger partial charge in [-0.3, -0.25) is 9.69 Å². The third kappa shape index (κ3) is 3.34. The molecule has 1 aromatic carbocycles. The molecule has 2 saturated heterocycles. The summed E-state index contributed by atoms with van der Waals surface area (Å²) in [5, 5.41) is 3.35. The molecule has 0 radical (unpaired) electrons. The molecule has 3 nitrogen and oxygen atoms in total. The van der Waals surface area contributed by atoms with E-state index < -0.39 is 0 Å². The smallest absolute Gasteiger partial charge is 0.225 e. The highest BCUT2D eigenvalue weighted by atomic mass is 16.1. The van der Waals surface area contributed by atoms with E-state index in [1.54, 1.807) is 0 Å². The summed E-state index contributed by atoms with van der Waals surface area (Å²) in [5.41, 5.74) is 5.14. The van der Waals surface area contributed by atoms with Gasteiger partial charge in [-0.2, -0.15) is 0 Å². The molecular weight excluding hydrogens is 308 g/mol. The lowest BCUT2D eigenvalue weighted by atomic mass is 9.73. The number of hydrogen-bond donors (Lipinski definition) is 1. The second-order valence-electron chi connectivity index (χ2n) is 7.60. The number of likely N-dealkylation sites (tertiary alicyclic amines) is 1. The maximum absolute atomic E-state index is 12.3. The Morgan fingerprint density at radius 1 is 1.12 bits per heavy atom. The molecule has 3 heteroatoms. The molecule has 0 atom stereocenters. The number of benzene rings is 1. The van der Waals surface area contributed by atoms with E-state index in [-0.39, 0.29) is 11.4 Å². The van der Waals surface area contributed by atoms with Gasteiger partial charge in [0.25, 0.3) is 0 Å². The molecule has 1 amide bonds. The van der Waals surface area contributed by atoms with Crippen LogP contribution in [0.4, 0.5) is 0 Å². The van der Waals surface area contributed by atoms with Crippen LogP contribution in [0.5, 0.6) is 0 Å². The molecule has 2 fully saturated rings. The van der Waals surface area contributed by atoms with Gasteiger partial charge in [0.05, 0.1) is 12.0 Å². The standard InChI is InChI=1S/C22H26N2O/c1-17-7-9-19-15-21(25)23-22(20(19)10-8-17)11-13-24(14-12-22)16-18-5-3-2-4-6-18/h2-6,8-10H,7,11-16H2,1H3,(H,23,25). The van der Waals surface area contributed by atoms with Crippen LogP contribution in [0, 0.1) is 0 Å². The quantitative estimate of drug-likeness (QED) is 0.893. The lowest BCUT2D eigenvalue weighted by molar-refractivity contribution is -0.123. The number of allylic oxidation sites excluding steroid dienone is 4. The van der Waals surface area contributed by atoms with Crippen molar-refractivity contribution in [1.29, 1.82) is 0 Å². The van der Waals surface area contributed by atoms with Crippen LogP contribution in [0.2, 0.25) is 0 Å². The van der Waals surface area contributed by atoms with Crippen molar-refractivity contribution in [3.63, 3.8) is 0 Å². The molecule has 4 rings (SSSR count). The minimum Gasteiger partial charge on any atom is -0.346 e. The van der Waals surface area contributed by atoms with Gasteiger partial charge in [-0.15, -0.1) is 0 Å². The minimum atomic E-state index is -0.171. The van der Waals surface area contributed by atoms with Crippen LogP contribution in [-0.4, -0.2) is 29.4 Å². The number of piperidine rings is 2. The van der Waals surface area contributed by atoms with Crippen LogP contribution in [-0.2, 0) is 11.3 Å². The van der Waals surface area contributed by atoms with Gasteiger partial charge in [-0.05, 0) is 42.9 Å². The topological polar surface area (TPSA) is 32.3 Å². The van der Waals surface area contributed by atoms with Gasteiger partial charge in [-0.1, -0.05) is 54.1 Å². The predicted octanol–water partition coefficient (Wildman–Crippen LogP) is 3.74. The molecule has 0 saturated carbocycles. The summed E-state index contributed by atoms with van der Waals surface area (Å²) < 4.78 is 0. The molecule has 1 aromatic rings. The summed E-state index contributed by atoms with van der Waals surface area (Å²) in [5.74, 6) is 0.180. The first-order chi connectivity index (χ1) is 12.1. The van der Waals surface area contributed by atoms with E-state index in [9.17, 15) is 4.79 Å². The Hall–Kier alpha value is -2.13. The van der Waals surface area contributed by atoms with Gasteiger partial charge >= 0.3 is 0 Å². The van der Waals surface area contributed by atoms with Gasteiger partial charge < -0.3 is 5.32 Å². The van der Waals surface area contributed by atoms with Crippen molar-refractivity contribution in [3.8, 4) is 0 Å². The molecule has 25 heavy (non-hydrogen) atoms. The normalized spacial score (nSPS) is 23.1. The number of fused-ring (bicyclic) bond motifs is 2. The van der Waals surface area contributed by atoms with Gasteiger partial charge in [0.2, 0.25) is 5.91 Å². The van der Waals surface area contributed by atoms with Gasteiger partial charge in [0.1, 0.15) is 0 Å². The zero-order valence-electron chi connectivity index (χ0n) is 14.9. The average Bonchev–Trinajstić information content (AvgIpc) is 2.80. The van der Waals surface area contributed by atoms with E-state index in [0.29, 0.717) is 6.42 Å². The Kier molecular flexibility index (Phi) is 4.34. The maximum Gasteiger partial charge on any atom is 0.225 e. The molecular formula is C22H26N2O. The van der Waals surface area contributed by atoms with E-state index in [1.165, 1.54) is 22.3 Å². The van der Waals surface area contributed by atoms with Crippen molar-refractivity contribution in [2.45, 2.75) is 44.7 Å². The third-order valence-corrected chi connectivity index (χ3v) is 5.75. The van der Waals surface area contributed by atoms with Gasteiger partial charge in [-0.25, -0.2) is 0 Å². The van der Waals surface area contributed by atoms with E-state index >= 15 is 0 Å². The highest BCUT2D eigenvalue weighted by molar-refractivity contribution is 5.84. The Morgan fingerprint density at radius 2 is 1.88 bits per heavy atom. The fourth-order valence-corrected chi connectivity index (χ4v) is 4.31. The Balaban J connectivity index is 1.53. The highest BCUT2D eigenvalue weighted by Gasteiger charge is 2.43. The summed E-state index contributed by atoms with van der Waals surface area (Å²) in [7, 11) is 0. The molecule has 1 aliphatic carbocycles. The van der Waals surface area contributed by atoms with E-state index in [4.69, 9.17) is 0 Å². The molecule has 2 heterocycles. The maximum atomic E-state index is 12.3. The van der Waals surface area contributed by atoms with Crippen LogP contribution in [0.3, 0.4) is 0 Å². The van der Waals surface area contributed by atoms with Crippen molar-refractivity contribution in [3.05, 3.63) is 70.8 Å². The molecule has 2 aliphatic heterocycles. The SMILES string of the molecule is CC1=CC=C2C(=CC1)CC(=O)NC21CCN(Cc2ccccc2)CC1. The number of hydrogen-bond acceptors (Lipinski definition) is 2. The molecule has 1 N–H and O–H groups in total. The average molecular weight is 334 g/mol. The first kappa shape index (κ1) is 16.3. The summed E-state index contributed by atoms with van der Waals surface area (Å²) in [6.45, 7) is 5.19. The van der Waals surface area contributed by atoms with E-state index in [1.807, 2.05) is 0 Å². The molecule has 0 unspecified atom stereocenters. The lowest BCUT2D eigenvalue weighted by Gasteiger charge is -2.47. The number of carbonyl (C=O) groups is 1. The molecule has 0 bridgehead atoms. The molecule has 3 aliphatic rings. The van der Waals surface area contributed by atoms with Crippen LogP contribution >= 0.6 is 0 Å². The molecule has 1 spiro atoms. The van der Waals surface area contributed by atoms with Crippen molar-refractivity contribution >= 4 is 5.91 Å². The number of nitrogens with zero attached hydrogens (tertiary/aromatic N) is 1. The summed E-state index contributed by atoms with van der Waals surface area (Å²) in [4.78, 5) is 14.9. The predicted molar refractivity (Wildman–Crippen MR) is 101 cm³/mol. The summed E-state index contributed by atoms with van der Waals surface area (Å²) in [6, 6.07) is 10.6. The first-order valence-corrected chi connectivity index (χ1v) is 9.29. The zero-order chi connectivity index (χ0) is 17.3. The van der Waals surface area contributed by atoms with E-state index in [2.05, 4.69) is 65.7 Å². The molecule has 0 aromatic heterocycles. The Bertz CT molecular complexity index is 749. The number of carbonyl (C=O) groups excluding carboxylic acids is 1. The zero-order valence-corrected chi connectivity index (χ0v) is 14.9. The fourth-order valence-electron chi connectivity index (χ4n) is 4.31. The summed E-state index contributed by atoms with van der Waals surface area (Å²) >= 11 is 0. The van der Waals surface area contributed by atoms with Crippen molar-refractivity contribution in [2.75, 3.05) is 13.1 Å².